The van der Waals surface area contributed by atoms with Crippen LogP contribution in [0.25, 0.3) is 11.3 Å². The molecular weight excluding hydrogens is 388 g/mol. The first-order valence-corrected chi connectivity index (χ1v) is 11.8. The van der Waals surface area contributed by atoms with Crippen LogP contribution in [0.15, 0.2) is 30.5 Å². The van der Waals surface area contributed by atoms with E-state index in [2.05, 4.69) is 51.6 Å². The molecule has 2 aliphatic carbocycles. The van der Waals surface area contributed by atoms with E-state index in [1.54, 1.807) is 6.92 Å². The molecule has 166 valence electrons. The molecule has 0 unspecified atom stereocenters. The maximum Gasteiger partial charge on any atom is 0.217 e. The Bertz CT molecular complexity index is 905. The second-order valence-corrected chi connectivity index (χ2v) is 9.94. The van der Waals surface area contributed by atoms with Gasteiger partial charge in [-0.1, -0.05) is 29.8 Å². The highest BCUT2D eigenvalue weighted by molar-refractivity contribution is 5.73. The van der Waals surface area contributed by atoms with Gasteiger partial charge in [-0.3, -0.25) is 14.8 Å². The molecule has 1 amide bonds. The fourth-order valence-corrected chi connectivity index (χ4v) is 5.42. The van der Waals surface area contributed by atoms with Crippen LogP contribution in [0.2, 0.25) is 0 Å². The third-order valence-corrected chi connectivity index (χ3v) is 7.28. The van der Waals surface area contributed by atoms with Crippen molar-refractivity contribution >= 4 is 5.91 Å². The highest BCUT2D eigenvalue weighted by Crippen LogP contribution is 2.39. The van der Waals surface area contributed by atoms with Gasteiger partial charge in [-0.05, 0) is 55.9 Å². The van der Waals surface area contributed by atoms with Gasteiger partial charge in [0.25, 0.3) is 0 Å². The summed E-state index contributed by atoms with van der Waals surface area (Å²) in [6, 6.07) is 8.77. The lowest BCUT2D eigenvalue weighted by atomic mass is 9.77. The van der Waals surface area contributed by atoms with Crippen LogP contribution in [0.1, 0.15) is 43.7 Å². The summed E-state index contributed by atoms with van der Waals surface area (Å²) in [6.07, 6.45) is 6.79. The fraction of sp³-hybridized carbons (Fsp3) is 0.600. The molecule has 6 nitrogen and oxygen atoms in total. The minimum absolute atomic E-state index is 0.0551. The predicted octanol–water partition coefficient (Wildman–Crippen LogP) is 3.53. The summed E-state index contributed by atoms with van der Waals surface area (Å²) >= 11 is 0. The quantitative estimate of drug-likeness (QED) is 0.716. The average Bonchev–Trinajstić information content (AvgIpc) is 3.32. The Hall–Kier alpha value is -2.18. The second kappa shape index (κ2) is 8.75. The number of ether oxygens (including phenoxy) is 1. The third-order valence-electron chi connectivity index (χ3n) is 7.28. The zero-order valence-electron chi connectivity index (χ0n) is 18.6. The number of aromatic amines is 1. The summed E-state index contributed by atoms with van der Waals surface area (Å²) in [7, 11) is 0. The number of amides is 1. The Kier molecular flexibility index (Phi) is 5.85. The van der Waals surface area contributed by atoms with Crippen molar-refractivity contribution in [2.75, 3.05) is 19.7 Å². The average molecular weight is 423 g/mol. The van der Waals surface area contributed by atoms with Crippen molar-refractivity contribution in [1.82, 2.24) is 20.4 Å². The van der Waals surface area contributed by atoms with Gasteiger partial charge in [0.15, 0.2) is 0 Å². The van der Waals surface area contributed by atoms with Crippen LogP contribution < -0.4 is 5.32 Å². The van der Waals surface area contributed by atoms with E-state index >= 15 is 0 Å². The first kappa shape index (κ1) is 20.7. The molecule has 2 aromatic rings. The molecule has 0 spiro atoms. The summed E-state index contributed by atoms with van der Waals surface area (Å²) in [6.45, 7) is 7.67. The van der Waals surface area contributed by atoms with Gasteiger partial charge in [-0.25, -0.2) is 0 Å². The molecule has 2 heterocycles. The molecule has 0 radical (unpaired) electrons. The van der Waals surface area contributed by atoms with Gasteiger partial charge in [0.2, 0.25) is 5.91 Å². The number of aromatic nitrogens is 2. The minimum Gasteiger partial charge on any atom is -0.376 e. The van der Waals surface area contributed by atoms with Gasteiger partial charge in [-0.15, -0.1) is 0 Å². The van der Waals surface area contributed by atoms with Crippen molar-refractivity contribution in [2.45, 2.75) is 58.2 Å². The predicted molar refractivity (Wildman–Crippen MR) is 120 cm³/mol. The number of hydrogen-bond acceptors (Lipinski definition) is 4. The van der Waals surface area contributed by atoms with Crippen LogP contribution >= 0.6 is 0 Å². The lowest BCUT2D eigenvalue weighted by molar-refractivity contribution is -0.122. The summed E-state index contributed by atoms with van der Waals surface area (Å²) in [5.41, 5.74) is 4.83. The number of carbonyl (C=O) groups excluding carboxylic acids is 1. The summed E-state index contributed by atoms with van der Waals surface area (Å²) in [5, 5.41) is 10.7. The standard InChI is InChI=1S/C25H34N4O2/c1-16-3-7-19(8-4-16)25-22(11-26-28-25)14-29-12-20-9-23(27-17(2)30)24(10-21(20)13-29)31-15-18-5-6-18/h3-4,7-8,11,18,20-21,23-24H,5-6,9-10,12-15H2,1-2H3,(H,26,28)(H,27,30)/t20-,21+,23-,24-/m1/s1. The number of likely N-dealkylation sites (tertiary alicyclic amines) is 1. The number of carbonyl (C=O) groups is 1. The Morgan fingerprint density at radius 3 is 2.65 bits per heavy atom. The van der Waals surface area contributed by atoms with Gasteiger partial charge in [-0.2, -0.15) is 5.10 Å². The monoisotopic (exact) mass is 422 g/mol. The first-order chi connectivity index (χ1) is 15.0. The fourth-order valence-electron chi connectivity index (χ4n) is 5.42. The lowest BCUT2D eigenvalue weighted by Crippen LogP contribution is -2.50. The topological polar surface area (TPSA) is 70.2 Å². The molecule has 1 aliphatic heterocycles. The lowest BCUT2D eigenvalue weighted by Gasteiger charge is -2.38. The second-order valence-electron chi connectivity index (χ2n) is 9.94. The number of nitrogens with one attached hydrogen (secondary N) is 2. The van der Waals surface area contributed by atoms with E-state index in [1.807, 2.05) is 6.20 Å². The Balaban J connectivity index is 1.24. The molecule has 1 aromatic heterocycles. The van der Waals surface area contributed by atoms with E-state index in [4.69, 9.17) is 4.74 Å². The Morgan fingerprint density at radius 2 is 1.94 bits per heavy atom. The molecule has 1 aromatic carbocycles. The van der Waals surface area contributed by atoms with Gasteiger partial charge < -0.3 is 10.1 Å². The molecule has 6 heteroatoms. The maximum absolute atomic E-state index is 11.8. The van der Waals surface area contributed by atoms with E-state index in [1.165, 1.54) is 29.5 Å². The first-order valence-electron chi connectivity index (χ1n) is 11.8. The minimum atomic E-state index is 0.0551. The number of rotatable bonds is 7. The van der Waals surface area contributed by atoms with Gasteiger partial charge in [0.05, 0.1) is 24.0 Å². The van der Waals surface area contributed by atoms with Crippen LogP contribution in [0, 0.1) is 24.7 Å². The SMILES string of the molecule is CC(=O)N[C@@H]1C[C@@H]2CN(Cc3cn[nH]c3-c3ccc(C)cc3)C[C@@H]2C[C@H]1OCC1CC1. The summed E-state index contributed by atoms with van der Waals surface area (Å²) in [5.74, 6) is 2.06. The van der Waals surface area contributed by atoms with E-state index < -0.39 is 0 Å². The van der Waals surface area contributed by atoms with Gasteiger partial charge in [0.1, 0.15) is 0 Å². The van der Waals surface area contributed by atoms with E-state index in [9.17, 15) is 4.79 Å². The van der Waals surface area contributed by atoms with Crippen molar-refractivity contribution in [1.29, 1.82) is 0 Å². The molecule has 1 saturated heterocycles. The van der Waals surface area contributed by atoms with Crippen molar-refractivity contribution in [3.8, 4) is 11.3 Å². The number of H-pyrrole nitrogens is 1. The van der Waals surface area contributed by atoms with Crippen LogP contribution in [-0.2, 0) is 16.1 Å². The molecule has 2 N–H and O–H groups in total. The highest BCUT2D eigenvalue weighted by Gasteiger charge is 2.43. The number of benzene rings is 1. The molecule has 0 bridgehead atoms. The van der Waals surface area contributed by atoms with Crippen molar-refractivity contribution in [3.63, 3.8) is 0 Å². The summed E-state index contributed by atoms with van der Waals surface area (Å²) < 4.78 is 6.31. The zero-order chi connectivity index (χ0) is 21.4. The van der Waals surface area contributed by atoms with Crippen LogP contribution in [0.5, 0.6) is 0 Å². The van der Waals surface area contributed by atoms with Crippen LogP contribution in [0.4, 0.5) is 0 Å². The molecule has 2 saturated carbocycles. The van der Waals surface area contributed by atoms with E-state index in [-0.39, 0.29) is 18.1 Å². The van der Waals surface area contributed by atoms with Crippen LogP contribution in [0.3, 0.4) is 0 Å². The van der Waals surface area contributed by atoms with Crippen molar-refractivity contribution in [2.24, 2.45) is 17.8 Å². The molecule has 3 fully saturated rings. The normalized spacial score (nSPS) is 28.5. The summed E-state index contributed by atoms with van der Waals surface area (Å²) in [4.78, 5) is 14.3. The number of hydrogen-bond donors (Lipinski definition) is 2. The van der Waals surface area contributed by atoms with Crippen molar-refractivity contribution < 1.29 is 9.53 Å². The molecule has 5 rings (SSSR count). The molecular formula is C25H34N4O2. The number of nitrogens with zero attached hydrogens (tertiary/aromatic N) is 2. The Labute approximate surface area is 184 Å². The van der Waals surface area contributed by atoms with E-state index in [0.717, 1.165) is 50.7 Å². The molecule has 3 aliphatic rings. The van der Waals surface area contributed by atoms with E-state index in [0.29, 0.717) is 11.8 Å². The van der Waals surface area contributed by atoms with Gasteiger partial charge in [0, 0.05) is 38.7 Å². The van der Waals surface area contributed by atoms with Crippen molar-refractivity contribution in [3.05, 3.63) is 41.6 Å². The van der Waals surface area contributed by atoms with Gasteiger partial charge >= 0.3 is 0 Å². The molecule has 31 heavy (non-hydrogen) atoms. The number of aryl methyl sites for hydroxylation is 1. The third kappa shape index (κ3) is 4.85. The largest absolute Gasteiger partial charge is 0.376 e. The highest BCUT2D eigenvalue weighted by atomic mass is 16.5. The van der Waals surface area contributed by atoms with Crippen LogP contribution in [-0.4, -0.2) is 52.8 Å². The number of fused-ring (bicyclic) bond motifs is 1. The molecule has 4 atom stereocenters. The maximum atomic E-state index is 11.8. The zero-order valence-corrected chi connectivity index (χ0v) is 18.6. The Morgan fingerprint density at radius 1 is 1.19 bits per heavy atom. The smallest absolute Gasteiger partial charge is 0.217 e.